The number of hydrogen-bond acceptors (Lipinski definition) is 2. The summed E-state index contributed by atoms with van der Waals surface area (Å²) in [4.78, 5) is 12.2. The molecule has 1 aromatic rings. The van der Waals surface area contributed by atoms with E-state index in [9.17, 15) is 4.79 Å². The number of allylic oxidation sites excluding steroid dienone is 1. The largest absolute Gasteiger partial charge is 0.469 e. The number of fused-ring (bicyclic) bond motifs is 2. The molecular formula is C15H18O2. The van der Waals surface area contributed by atoms with Crippen molar-refractivity contribution < 1.29 is 9.21 Å². The Morgan fingerprint density at radius 2 is 2.24 bits per heavy atom. The van der Waals surface area contributed by atoms with E-state index in [2.05, 4.69) is 20.4 Å². The summed E-state index contributed by atoms with van der Waals surface area (Å²) >= 11 is 0. The van der Waals surface area contributed by atoms with E-state index >= 15 is 0 Å². The Bertz CT molecular complexity index is 509. The first kappa shape index (κ1) is 10.8. The van der Waals surface area contributed by atoms with Crippen LogP contribution in [0.5, 0.6) is 0 Å². The number of aryl methyl sites for hydroxylation is 1. The lowest BCUT2D eigenvalue weighted by molar-refractivity contribution is -0.132. The average Bonchev–Trinajstić information content (AvgIpc) is 2.64. The molecule has 2 atom stereocenters. The first-order valence-electron chi connectivity index (χ1n) is 6.29. The molecule has 2 heteroatoms. The summed E-state index contributed by atoms with van der Waals surface area (Å²) in [5.74, 6) is 1.71. The minimum Gasteiger partial charge on any atom is -0.469 e. The molecule has 3 rings (SSSR count). The lowest BCUT2D eigenvalue weighted by atomic mass is 9.58. The maximum Gasteiger partial charge on any atom is 0.140 e. The van der Waals surface area contributed by atoms with Crippen molar-refractivity contribution in [2.24, 2.45) is 11.3 Å². The molecule has 0 amide bonds. The summed E-state index contributed by atoms with van der Waals surface area (Å²) < 4.78 is 5.60. The Kier molecular flexibility index (Phi) is 2.13. The molecular weight excluding hydrogens is 212 g/mol. The summed E-state index contributed by atoms with van der Waals surface area (Å²) in [5, 5.41) is 0. The van der Waals surface area contributed by atoms with Gasteiger partial charge in [-0.3, -0.25) is 4.79 Å². The highest BCUT2D eigenvalue weighted by Crippen LogP contribution is 2.49. The van der Waals surface area contributed by atoms with Gasteiger partial charge in [0, 0.05) is 18.3 Å². The third kappa shape index (κ3) is 1.36. The van der Waals surface area contributed by atoms with Crippen LogP contribution in [-0.2, 0) is 17.6 Å². The Labute approximate surface area is 102 Å². The molecule has 1 fully saturated rings. The Morgan fingerprint density at radius 1 is 1.47 bits per heavy atom. The molecule has 90 valence electrons. The van der Waals surface area contributed by atoms with Gasteiger partial charge in [-0.15, -0.1) is 0 Å². The summed E-state index contributed by atoms with van der Waals surface area (Å²) in [7, 11) is 0. The molecule has 0 radical (unpaired) electrons. The fourth-order valence-corrected chi connectivity index (χ4v) is 3.45. The van der Waals surface area contributed by atoms with E-state index in [-0.39, 0.29) is 5.41 Å². The van der Waals surface area contributed by atoms with E-state index < -0.39 is 0 Å². The number of rotatable bonds is 0. The molecule has 1 heterocycles. The maximum absolute atomic E-state index is 12.2. The van der Waals surface area contributed by atoms with Crippen LogP contribution in [0.1, 0.15) is 36.7 Å². The van der Waals surface area contributed by atoms with Crippen LogP contribution in [0.2, 0.25) is 0 Å². The second-order valence-electron chi connectivity index (χ2n) is 5.75. The molecule has 0 saturated heterocycles. The fourth-order valence-electron chi connectivity index (χ4n) is 3.45. The topological polar surface area (TPSA) is 30.2 Å². The molecule has 2 aliphatic rings. The van der Waals surface area contributed by atoms with E-state index in [4.69, 9.17) is 4.42 Å². The summed E-state index contributed by atoms with van der Waals surface area (Å²) in [6.07, 6.45) is 5.02. The van der Waals surface area contributed by atoms with Gasteiger partial charge < -0.3 is 4.42 Å². The van der Waals surface area contributed by atoms with Gasteiger partial charge >= 0.3 is 0 Å². The fraction of sp³-hybridized carbons (Fsp3) is 0.533. The highest BCUT2D eigenvalue weighted by atomic mass is 16.3. The van der Waals surface area contributed by atoms with Crippen molar-refractivity contribution in [2.45, 2.75) is 39.5 Å². The normalized spacial score (nSPS) is 32.2. The van der Waals surface area contributed by atoms with Crippen molar-refractivity contribution in [3.05, 3.63) is 35.3 Å². The predicted molar refractivity (Wildman–Crippen MR) is 65.8 cm³/mol. The molecule has 0 spiro atoms. The number of carbonyl (C=O) groups excluding carboxylic acids is 1. The molecule has 0 N–H and O–H groups in total. The highest BCUT2D eigenvalue weighted by Gasteiger charge is 2.48. The average molecular weight is 230 g/mol. The van der Waals surface area contributed by atoms with E-state index in [0.717, 1.165) is 25.0 Å². The van der Waals surface area contributed by atoms with E-state index in [1.165, 1.54) is 16.7 Å². The second kappa shape index (κ2) is 3.34. The van der Waals surface area contributed by atoms with Crippen LogP contribution in [0.15, 0.2) is 22.8 Å². The Balaban J connectivity index is 2.09. The van der Waals surface area contributed by atoms with Crippen molar-refractivity contribution in [2.75, 3.05) is 0 Å². The zero-order chi connectivity index (χ0) is 12.2. The van der Waals surface area contributed by atoms with Gasteiger partial charge in [0.15, 0.2) is 0 Å². The molecule has 2 nitrogen and oxygen atoms in total. The highest BCUT2D eigenvalue weighted by molar-refractivity contribution is 5.87. The monoisotopic (exact) mass is 230 g/mol. The predicted octanol–water partition coefficient (Wildman–Crippen LogP) is 3.23. The van der Waals surface area contributed by atoms with Crippen LogP contribution in [0, 0.1) is 18.3 Å². The molecule has 2 unspecified atom stereocenters. The first-order chi connectivity index (χ1) is 8.02. The van der Waals surface area contributed by atoms with Gasteiger partial charge in [-0.25, -0.2) is 0 Å². The van der Waals surface area contributed by atoms with Crippen molar-refractivity contribution in [1.82, 2.24) is 0 Å². The van der Waals surface area contributed by atoms with Crippen molar-refractivity contribution in [1.29, 1.82) is 0 Å². The molecule has 0 aromatic carbocycles. The molecule has 2 aliphatic carbocycles. The van der Waals surface area contributed by atoms with Crippen molar-refractivity contribution in [3.8, 4) is 0 Å². The molecule has 1 aromatic heterocycles. The third-order valence-electron chi connectivity index (χ3n) is 4.70. The van der Waals surface area contributed by atoms with Gasteiger partial charge in [-0.05, 0) is 36.8 Å². The molecule has 17 heavy (non-hydrogen) atoms. The maximum atomic E-state index is 12.2. The van der Waals surface area contributed by atoms with Crippen LogP contribution >= 0.6 is 0 Å². The van der Waals surface area contributed by atoms with E-state index in [0.29, 0.717) is 18.1 Å². The summed E-state index contributed by atoms with van der Waals surface area (Å²) in [6, 6.07) is 0. The minimum absolute atomic E-state index is 0.271. The number of Topliss-reactive ketones (excluding diaryl/α,β-unsaturated/α-hetero) is 1. The Hall–Kier alpha value is -1.31. The van der Waals surface area contributed by atoms with Crippen LogP contribution in [0.25, 0.3) is 0 Å². The zero-order valence-corrected chi connectivity index (χ0v) is 10.5. The number of hydrogen-bond donors (Lipinski definition) is 0. The van der Waals surface area contributed by atoms with Crippen LogP contribution in [-0.4, -0.2) is 5.78 Å². The SMILES string of the molecule is C=C1CCC(=O)C2(C)Cc3occ(C)c3CC12. The summed E-state index contributed by atoms with van der Waals surface area (Å²) in [5.41, 5.74) is 3.50. The van der Waals surface area contributed by atoms with Crippen LogP contribution in [0.4, 0.5) is 0 Å². The smallest absolute Gasteiger partial charge is 0.140 e. The van der Waals surface area contributed by atoms with E-state index in [1.807, 2.05) is 6.26 Å². The van der Waals surface area contributed by atoms with Crippen molar-refractivity contribution >= 4 is 5.78 Å². The second-order valence-corrected chi connectivity index (χ2v) is 5.75. The molecule has 1 saturated carbocycles. The van der Waals surface area contributed by atoms with Gasteiger partial charge in [-0.2, -0.15) is 0 Å². The number of ketones is 1. The van der Waals surface area contributed by atoms with Gasteiger partial charge in [0.25, 0.3) is 0 Å². The molecule has 0 aliphatic heterocycles. The van der Waals surface area contributed by atoms with Gasteiger partial charge in [0.05, 0.1) is 6.26 Å². The minimum atomic E-state index is -0.271. The third-order valence-corrected chi connectivity index (χ3v) is 4.70. The van der Waals surface area contributed by atoms with Crippen molar-refractivity contribution in [3.63, 3.8) is 0 Å². The van der Waals surface area contributed by atoms with Crippen LogP contribution < -0.4 is 0 Å². The van der Waals surface area contributed by atoms with Crippen LogP contribution in [0.3, 0.4) is 0 Å². The summed E-state index contributed by atoms with van der Waals surface area (Å²) in [6.45, 7) is 8.35. The zero-order valence-electron chi connectivity index (χ0n) is 10.5. The quantitative estimate of drug-likeness (QED) is 0.640. The number of furan rings is 1. The molecule has 0 bridgehead atoms. The lowest BCUT2D eigenvalue weighted by Gasteiger charge is -2.44. The van der Waals surface area contributed by atoms with E-state index in [1.54, 1.807) is 0 Å². The first-order valence-corrected chi connectivity index (χ1v) is 6.29. The standard InChI is InChI=1S/C15H18O2/c1-9-4-5-14(16)15(3)7-13-11(6-12(9)15)10(2)8-17-13/h8,12H,1,4-7H2,2-3H3. The number of carbonyl (C=O) groups is 1. The Morgan fingerprint density at radius 3 is 3.00 bits per heavy atom. The van der Waals surface area contributed by atoms with Gasteiger partial charge in [0.2, 0.25) is 0 Å². The van der Waals surface area contributed by atoms with Gasteiger partial charge in [-0.1, -0.05) is 19.1 Å². The van der Waals surface area contributed by atoms with Gasteiger partial charge in [0.1, 0.15) is 11.5 Å². The lowest BCUT2D eigenvalue weighted by Crippen LogP contribution is -2.45.